The molecule has 4 amide bonds. The zero-order valence-corrected chi connectivity index (χ0v) is 14.8. The number of likely N-dealkylation sites (tertiary alicyclic amines) is 1. The fraction of sp³-hybridized carbons (Fsp3) is 0.250. The Labute approximate surface area is 156 Å². The molecule has 0 spiro atoms. The molecule has 1 N–H and O–H groups in total. The van der Waals surface area contributed by atoms with Crippen LogP contribution in [0, 0.1) is 0 Å². The first-order valence-electron chi connectivity index (χ1n) is 8.79. The van der Waals surface area contributed by atoms with Crippen molar-refractivity contribution in [2.45, 2.75) is 25.4 Å². The van der Waals surface area contributed by atoms with Crippen LogP contribution in [-0.4, -0.2) is 41.4 Å². The van der Waals surface area contributed by atoms with Gasteiger partial charge in [-0.3, -0.25) is 9.59 Å². The molecule has 2 atom stereocenters. The minimum Gasteiger partial charge on any atom is -0.457 e. The van der Waals surface area contributed by atoms with Gasteiger partial charge in [0.05, 0.1) is 11.7 Å². The SMILES string of the molecule is CC(=O)N1CC[C@H]2NC(=O)N(c3ccc(Oc4ccccc4)cc3)C(=O)[C@H]21. The number of ether oxygens (including phenoxy) is 1. The minimum atomic E-state index is -0.652. The van der Waals surface area contributed by atoms with E-state index in [0.29, 0.717) is 30.2 Å². The summed E-state index contributed by atoms with van der Waals surface area (Å²) in [7, 11) is 0. The molecule has 0 bridgehead atoms. The van der Waals surface area contributed by atoms with Gasteiger partial charge < -0.3 is 15.0 Å². The Morgan fingerprint density at radius 1 is 1.04 bits per heavy atom. The molecular weight excluding hydrogens is 346 g/mol. The molecule has 0 radical (unpaired) electrons. The maximum Gasteiger partial charge on any atom is 0.329 e. The smallest absolute Gasteiger partial charge is 0.329 e. The molecule has 0 aliphatic carbocycles. The van der Waals surface area contributed by atoms with E-state index < -0.39 is 12.1 Å². The highest BCUT2D eigenvalue weighted by atomic mass is 16.5. The molecule has 27 heavy (non-hydrogen) atoms. The highest BCUT2D eigenvalue weighted by Gasteiger charge is 2.49. The lowest BCUT2D eigenvalue weighted by atomic mass is 10.0. The molecule has 2 aliphatic heterocycles. The number of benzene rings is 2. The van der Waals surface area contributed by atoms with E-state index in [0.717, 1.165) is 4.90 Å². The number of amides is 4. The number of carbonyl (C=O) groups is 3. The lowest BCUT2D eigenvalue weighted by Crippen LogP contribution is -2.64. The van der Waals surface area contributed by atoms with Crippen LogP contribution in [0.3, 0.4) is 0 Å². The van der Waals surface area contributed by atoms with E-state index in [1.807, 2.05) is 30.3 Å². The summed E-state index contributed by atoms with van der Waals surface area (Å²) in [6.07, 6.45) is 0.583. The third-order valence-electron chi connectivity index (χ3n) is 4.86. The lowest BCUT2D eigenvalue weighted by Gasteiger charge is -2.36. The van der Waals surface area contributed by atoms with Gasteiger partial charge in [0, 0.05) is 13.5 Å². The number of carbonyl (C=O) groups excluding carboxylic acids is 3. The third kappa shape index (κ3) is 3.12. The normalized spacial score (nSPS) is 21.7. The van der Waals surface area contributed by atoms with E-state index in [2.05, 4.69) is 5.32 Å². The standard InChI is InChI=1S/C20H19N3O4/c1-13(24)22-12-11-17-18(22)19(25)23(20(26)21-17)14-7-9-16(10-8-14)27-15-5-3-2-4-6-15/h2-10,17-18H,11-12H2,1H3,(H,21,26)/t17-,18+/m1/s1. The number of urea groups is 1. The fourth-order valence-electron chi connectivity index (χ4n) is 3.59. The number of fused-ring (bicyclic) bond motifs is 1. The van der Waals surface area contributed by atoms with Gasteiger partial charge in [0.15, 0.2) is 0 Å². The van der Waals surface area contributed by atoms with Gasteiger partial charge in [-0.2, -0.15) is 0 Å². The minimum absolute atomic E-state index is 0.168. The Morgan fingerprint density at radius 2 is 1.70 bits per heavy atom. The summed E-state index contributed by atoms with van der Waals surface area (Å²) in [6.45, 7) is 1.90. The highest BCUT2D eigenvalue weighted by Crippen LogP contribution is 2.29. The molecule has 4 rings (SSSR count). The summed E-state index contributed by atoms with van der Waals surface area (Å²) >= 11 is 0. The van der Waals surface area contributed by atoms with Crippen LogP contribution in [0.5, 0.6) is 11.5 Å². The van der Waals surface area contributed by atoms with Gasteiger partial charge >= 0.3 is 6.03 Å². The van der Waals surface area contributed by atoms with Crippen molar-refractivity contribution in [3.63, 3.8) is 0 Å². The second kappa shape index (κ2) is 6.75. The number of para-hydroxylation sites is 1. The summed E-state index contributed by atoms with van der Waals surface area (Å²) in [6, 6.07) is 14.6. The number of hydrogen-bond acceptors (Lipinski definition) is 4. The molecule has 2 fully saturated rings. The first-order valence-corrected chi connectivity index (χ1v) is 8.79. The second-order valence-corrected chi connectivity index (χ2v) is 6.58. The summed E-state index contributed by atoms with van der Waals surface area (Å²) < 4.78 is 5.74. The molecule has 0 saturated carbocycles. The molecule has 2 saturated heterocycles. The molecule has 7 heteroatoms. The van der Waals surface area contributed by atoms with Crippen molar-refractivity contribution in [3.8, 4) is 11.5 Å². The molecule has 2 aliphatic rings. The maximum absolute atomic E-state index is 12.9. The number of hydrogen-bond donors (Lipinski definition) is 1. The Hall–Kier alpha value is -3.35. The van der Waals surface area contributed by atoms with Gasteiger partial charge in [-0.15, -0.1) is 0 Å². The Morgan fingerprint density at radius 3 is 2.37 bits per heavy atom. The van der Waals surface area contributed by atoms with E-state index in [-0.39, 0.29) is 17.9 Å². The van der Waals surface area contributed by atoms with Gasteiger partial charge in [0.1, 0.15) is 17.5 Å². The molecule has 7 nitrogen and oxygen atoms in total. The van der Waals surface area contributed by atoms with Crippen LogP contribution in [0.2, 0.25) is 0 Å². The number of anilines is 1. The van der Waals surface area contributed by atoms with Crippen molar-refractivity contribution in [2.24, 2.45) is 0 Å². The van der Waals surface area contributed by atoms with Crippen molar-refractivity contribution in [1.29, 1.82) is 0 Å². The van der Waals surface area contributed by atoms with Gasteiger partial charge in [-0.05, 0) is 42.8 Å². The van der Waals surface area contributed by atoms with Crippen LogP contribution >= 0.6 is 0 Å². The van der Waals surface area contributed by atoms with E-state index in [1.165, 1.54) is 11.8 Å². The van der Waals surface area contributed by atoms with Crippen molar-refractivity contribution in [1.82, 2.24) is 10.2 Å². The molecule has 2 aromatic rings. The van der Waals surface area contributed by atoms with Crippen molar-refractivity contribution >= 4 is 23.5 Å². The first kappa shape index (κ1) is 17.1. The van der Waals surface area contributed by atoms with Crippen molar-refractivity contribution < 1.29 is 19.1 Å². The molecule has 0 unspecified atom stereocenters. The monoisotopic (exact) mass is 365 g/mol. The number of rotatable bonds is 3. The Kier molecular flexibility index (Phi) is 4.27. The molecule has 2 heterocycles. The zero-order chi connectivity index (χ0) is 19.0. The largest absolute Gasteiger partial charge is 0.457 e. The number of imide groups is 1. The van der Waals surface area contributed by atoms with Crippen molar-refractivity contribution in [2.75, 3.05) is 11.4 Å². The fourth-order valence-corrected chi connectivity index (χ4v) is 3.59. The van der Waals surface area contributed by atoms with E-state index >= 15 is 0 Å². The molecule has 0 aromatic heterocycles. The molecule has 138 valence electrons. The maximum atomic E-state index is 12.9. The van der Waals surface area contributed by atoms with Crippen LogP contribution in [0.15, 0.2) is 54.6 Å². The van der Waals surface area contributed by atoms with E-state index in [9.17, 15) is 14.4 Å². The molecular formula is C20H19N3O4. The average Bonchev–Trinajstić information content (AvgIpc) is 3.08. The summed E-state index contributed by atoms with van der Waals surface area (Å²) in [4.78, 5) is 39.8. The number of nitrogens with zero attached hydrogens (tertiary/aromatic N) is 2. The Balaban J connectivity index is 1.56. The van der Waals surface area contributed by atoms with Gasteiger partial charge in [-0.1, -0.05) is 18.2 Å². The van der Waals surface area contributed by atoms with E-state index in [1.54, 1.807) is 24.3 Å². The third-order valence-corrected chi connectivity index (χ3v) is 4.86. The quantitative estimate of drug-likeness (QED) is 0.907. The Bertz CT molecular complexity index is 882. The van der Waals surface area contributed by atoms with Gasteiger partial charge in [0.2, 0.25) is 5.91 Å². The summed E-state index contributed by atoms with van der Waals surface area (Å²) in [5.74, 6) is 0.744. The van der Waals surface area contributed by atoms with E-state index in [4.69, 9.17) is 4.74 Å². The predicted octanol–water partition coefficient (Wildman–Crippen LogP) is 2.52. The highest BCUT2D eigenvalue weighted by molar-refractivity contribution is 6.19. The summed E-state index contributed by atoms with van der Waals surface area (Å²) in [5.41, 5.74) is 0.437. The van der Waals surface area contributed by atoms with Crippen LogP contribution in [-0.2, 0) is 9.59 Å². The van der Waals surface area contributed by atoms with Crippen LogP contribution < -0.4 is 15.0 Å². The number of nitrogens with one attached hydrogen (secondary N) is 1. The van der Waals surface area contributed by atoms with Crippen LogP contribution in [0.1, 0.15) is 13.3 Å². The van der Waals surface area contributed by atoms with Crippen molar-refractivity contribution in [3.05, 3.63) is 54.6 Å². The zero-order valence-electron chi connectivity index (χ0n) is 14.8. The predicted molar refractivity (Wildman–Crippen MR) is 98.6 cm³/mol. The summed E-state index contributed by atoms with van der Waals surface area (Å²) in [5, 5.41) is 2.84. The molecule has 2 aromatic carbocycles. The first-order chi connectivity index (χ1) is 13.0. The lowest BCUT2D eigenvalue weighted by molar-refractivity contribution is -0.136. The van der Waals surface area contributed by atoms with Crippen LogP contribution in [0.4, 0.5) is 10.5 Å². The second-order valence-electron chi connectivity index (χ2n) is 6.58. The van der Waals surface area contributed by atoms with Gasteiger partial charge in [0.25, 0.3) is 5.91 Å². The average molecular weight is 365 g/mol. The van der Waals surface area contributed by atoms with Gasteiger partial charge in [-0.25, -0.2) is 9.69 Å². The topological polar surface area (TPSA) is 79.0 Å². The van der Waals surface area contributed by atoms with Crippen LogP contribution in [0.25, 0.3) is 0 Å².